The Morgan fingerprint density at radius 1 is 0.903 bits per heavy atom. The second kappa shape index (κ2) is 7.30. The second-order valence-corrected chi connectivity index (χ2v) is 7.80. The molecule has 0 aliphatic rings. The first-order valence-corrected chi connectivity index (χ1v) is 10.1. The monoisotopic (exact) mass is 405 g/mol. The zero-order chi connectivity index (χ0) is 21.5. The molecule has 4 heteroatoms. The van der Waals surface area contributed by atoms with E-state index in [-0.39, 0.29) is 6.10 Å². The molecule has 0 saturated carbocycles. The second-order valence-electron chi connectivity index (χ2n) is 7.80. The Kier molecular flexibility index (Phi) is 4.45. The normalized spacial score (nSPS) is 11.3. The van der Waals surface area contributed by atoms with Crippen LogP contribution in [0.15, 0.2) is 82.0 Å². The summed E-state index contributed by atoms with van der Waals surface area (Å²) in [5.41, 5.74) is 2.36. The van der Waals surface area contributed by atoms with E-state index in [2.05, 4.69) is 6.07 Å². The van der Waals surface area contributed by atoms with Crippen molar-refractivity contribution < 1.29 is 9.15 Å². The van der Waals surface area contributed by atoms with Gasteiger partial charge in [0.15, 0.2) is 0 Å². The van der Waals surface area contributed by atoms with Crippen molar-refractivity contribution in [1.82, 2.24) is 0 Å². The van der Waals surface area contributed by atoms with Crippen LogP contribution in [0.5, 0.6) is 5.75 Å². The number of benzene rings is 4. The van der Waals surface area contributed by atoms with Crippen LogP contribution in [-0.2, 0) is 0 Å². The minimum atomic E-state index is -0.394. The van der Waals surface area contributed by atoms with Gasteiger partial charge in [-0.05, 0) is 60.5 Å². The van der Waals surface area contributed by atoms with Crippen LogP contribution in [0.3, 0.4) is 0 Å². The predicted octanol–water partition coefficient (Wildman–Crippen LogP) is 6.43. The SMILES string of the molecule is CC(C)Oc1ccc2c(c1)oc(=O)c1c(-c3ccc(C#N)cc3)c3ccccc3cc12. The predicted molar refractivity (Wildman–Crippen MR) is 123 cm³/mol. The molecule has 4 nitrogen and oxygen atoms in total. The summed E-state index contributed by atoms with van der Waals surface area (Å²) in [6, 6.07) is 25.1. The molecule has 0 saturated heterocycles. The Labute approximate surface area is 178 Å². The van der Waals surface area contributed by atoms with Crippen LogP contribution < -0.4 is 10.4 Å². The highest BCUT2D eigenvalue weighted by Crippen LogP contribution is 2.38. The number of rotatable bonds is 3. The molecule has 0 atom stereocenters. The minimum Gasteiger partial charge on any atom is -0.491 e. The molecule has 0 amide bonds. The molecule has 1 heterocycles. The molecule has 0 aliphatic carbocycles. The van der Waals surface area contributed by atoms with E-state index in [9.17, 15) is 4.79 Å². The molecule has 5 rings (SSSR count). The third kappa shape index (κ3) is 3.21. The first kappa shape index (κ1) is 18.9. The van der Waals surface area contributed by atoms with Crippen molar-refractivity contribution in [1.29, 1.82) is 5.26 Å². The Bertz CT molecular complexity index is 1550. The number of fused-ring (bicyclic) bond motifs is 4. The largest absolute Gasteiger partial charge is 0.491 e. The van der Waals surface area contributed by atoms with Crippen molar-refractivity contribution in [3.05, 3.63) is 88.8 Å². The molecular weight excluding hydrogens is 386 g/mol. The van der Waals surface area contributed by atoms with E-state index in [0.717, 1.165) is 32.7 Å². The third-order valence-electron chi connectivity index (χ3n) is 5.37. The lowest BCUT2D eigenvalue weighted by molar-refractivity contribution is 0.242. The van der Waals surface area contributed by atoms with Gasteiger partial charge in [-0.15, -0.1) is 0 Å². The molecule has 0 N–H and O–H groups in total. The Hall–Kier alpha value is -4.10. The summed E-state index contributed by atoms with van der Waals surface area (Å²) in [7, 11) is 0. The summed E-state index contributed by atoms with van der Waals surface area (Å²) in [6.45, 7) is 3.91. The van der Waals surface area contributed by atoms with Gasteiger partial charge in [0, 0.05) is 22.4 Å². The number of nitrogens with zero attached hydrogens (tertiary/aromatic N) is 1. The average Bonchev–Trinajstić information content (AvgIpc) is 2.77. The Morgan fingerprint density at radius 3 is 2.42 bits per heavy atom. The summed E-state index contributed by atoms with van der Waals surface area (Å²) >= 11 is 0. The lowest BCUT2D eigenvalue weighted by Gasteiger charge is -2.14. The van der Waals surface area contributed by atoms with Crippen LogP contribution in [0.4, 0.5) is 0 Å². The first-order valence-electron chi connectivity index (χ1n) is 10.1. The topological polar surface area (TPSA) is 63.2 Å². The van der Waals surface area contributed by atoms with Crippen molar-refractivity contribution in [2.45, 2.75) is 20.0 Å². The summed E-state index contributed by atoms with van der Waals surface area (Å²) in [5, 5.41) is 13.4. The molecule has 0 fully saturated rings. The molecule has 0 radical (unpaired) electrons. The molecule has 31 heavy (non-hydrogen) atoms. The number of hydrogen-bond acceptors (Lipinski definition) is 4. The van der Waals surface area contributed by atoms with Crippen LogP contribution in [0.2, 0.25) is 0 Å². The van der Waals surface area contributed by atoms with Gasteiger partial charge in [-0.1, -0.05) is 36.4 Å². The van der Waals surface area contributed by atoms with E-state index in [4.69, 9.17) is 14.4 Å². The van der Waals surface area contributed by atoms with Gasteiger partial charge in [0.2, 0.25) is 0 Å². The summed E-state index contributed by atoms with van der Waals surface area (Å²) < 4.78 is 11.5. The fourth-order valence-corrected chi connectivity index (χ4v) is 4.09. The zero-order valence-corrected chi connectivity index (χ0v) is 17.2. The molecular formula is C27H19NO3. The quantitative estimate of drug-likeness (QED) is 0.197. The highest BCUT2D eigenvalue weighted by atomic mass is 16.5. The highest BCUT2D eigenvalue weighted by Gasteiger charge is 2.17. The molecule has 0 bridgehead atoms. The van der Waals surface area contributed by atoms with E-state index in [1.54, 1.807) is 18.2 Å². The van der Waals surface area contributed by atoms with E-state index in [1.807, 2.05) is 68.4 Å². The van der Waals surface area contributed by atoms with Gasteiger partial charge in [0.25, 0.3) is 0 Å². The molecule has 1 aromatic heterocycles. The van der Waals surface area contributed by atoms with Gasteiger partial charge >= 0.3 is 5.63 Å². The maximum absolute atomic E-state index is 13.2. The lowest BCUT2D eigenvalue weighted by Crippen LogP contribution is -2.06. The van der Waals surface area contributed by atoms with E-state index >= 15 is 0 Å². The van der Waals surface area contributed by atoms with Crippen molar-refractivity contribution in [2.24, 2.45) is 0 Å². The maximum Gasteiger partial charge on any atom is 0.344 e. The smallest absolute Gasteiger partial charge is 0.344 e. The van der Waals surface area contributed by atoms with Crippen LogP contribution in [0.1, 0.15) is 19.4 Å². The van der Waals surface area contributed by atoms with Crippen molar-refractivity contribution in [3.8, 4) is 22.9 Å². The van der Waals surface area contributed by atoms with Gasteiger partial charge in [-0.3, -0.25) is 0 Å². The van der Waals surface area contributed by atoms with Gasteiger partial charge in [-0.25, -0.2) is 4.79 Å². The lowest BCUT2D eigenvalue weighted by atomic mass is 9.91. The number of ether oxygens (including phenoxy) is 1. The highest BCUT2D eigenvalue weighted by molar-refractivity contribution is 6.18. The fourth-order valence-electron chi connectivity index (χ4n) is 4.09. The standard InChI is InChI=1S/C27H19NO3/c1-16(2)30-20-11-12-22-23-13-19-5-3-4-6-21(19)25(18-9-7-17(15-28)8-10-18)26(23)27(29)31-24(22)14-20/h3-14,16H,1-2H3. The third-order valence-corrected chi connectivity index (χ3v) is 5.37. The Balaban J connectivity index is 1.90. The van der Waals surface area contributed by atoms with Crippen molar-refractivity contribution >= 4 is 32.5 Å². The van der Waals surface area contributed by atoms with Gasteiger partial charge in [-0.2, -0.15) is 5.26 Å². The van der Waals surface area contributed by atoms with E-state index in [0.29, 0.717) is 22.3 Å². The maximum atomic E-state index is 13.2. The molecule has 5 aromatic rings. The first-order chi connectivity index (χ1) is 15.0. The van der Waals surface area contributed by atoms with Gasteiger partial charge < -0.3 is 9.15 Å². The van der Waals surface area contributed by atoms with Crippen LogP contribution >= 0.6 is 0 Å². The van der Waals surface area contributed by atoms with E-state index in [1.165, 1.54) is 0 Å². The minimum absolute atomic E-state index is 0.0246. The molecule has 0 aliphatic heterocycles. The summed E-state index contributed by atoms with van der Waals surface area (Å²) in [4.78, 5) is 13.2. The average molecular weight is 405 g/mol. The van der Waals surface area contributed by atoms with Crippen molar-refractivity contribution in [3.63, 3.8) is 0 Å². The van der Waals surface area contributed by atoms with Crippen LogP contribution in [0.25, 0.3) is 43.6 Å². The number of nitriles is 1. The molecule has 150 valence electrons. The number of hydrogen-bond donors (Lipinski definition) is 0. The molecule has 0 spiro atoms. The van der Waals surface area contributed by atoms with Gasteiger partial charge in [0.1, 0.15) is 11.3 Å². The zero-order valence-electron chi connectivity index (χ0n) is 17.2. The van der Waals surface area contributed by atoms with Crippen molar-refractivity contribution in [2.75, 3.05) is 0 Å². The van der Waals surface area contributed by atoms with Crippen LogP contribution in [0, 0.1) is 11.3 Å². The summed E-state index contributed by atoms with van der Waals surface area (Å²) in [5.74, 6) is 0.665. The summed E-state index contributed by atoms with van der Waals surface area (Å²) in [6.07, 6.45) is 0.0246. The molecule has 0 unspecified atom stereocenters. The Morgan fingerprint density at radius 2 is 1.68 bits per heavy atom. The van der Waals surface area contributed by atoms with Crippen LogP contribution in [-0.4, -0.2) is 6.10 Å². The van der Waals surface area contributed by atoms with E-state index < -0.39 is 5.63 Å². The fraction of sp³-hybridized carbons (Fsp3) is 0.111. The molecule has 4 aromatic carbocycles. The van der Waals surface area contributed by atoms with Gasteiger partial charge in [0.05, 0.1) is 23.1 Å².